The minimum atomic E-state index is -0.113. The minimum Gasteiger partial charge on any atom is -0.457 e. The molecule has 0 saturated carbocycles. The Morgan fingerprint density at radius 2 is 1.89 bits per heavy atom. The summed E-state index contributed by atoms with van der Waals surface area (Å²) in [6.45, 7) is 3.35. The Bertz CT molecular complexity index is 968. The van der Waals surface area contributed by atoms with Crippen LogP contribution in [0.2, 0.25) is 10.0 Å². The number of carbonyl (C=O) groups is 1. The summed E-state index contributed by atoms with van der Waals surface area (Å²) in [5, 5.41) is 4.74. The summed E-state index contributed by atoms with van der Waals surface area (Å²) in [4.78, 5) is 15.7. The first kappa shape index (κ1) is 19.9. The van der Waals surface area contributed by atoms with Crippen LogP contribution in [0.3, 0.4) is 0 Å². The number of hydrogen-bond donors (Lipinski definition) is 0. The third-order valence-corrected chi connectivity index (χ3v) is 6.48. The third kappa shape index (κ3) is 4.01. The maximum absolute atomic E-state index is 12.9. The van der Waals surface area contributed by atoms with Gasteiger partial charge in [0.05, 0.1) is 9.93 Å². The van der Waals surface area contributed by atoms with Gasteiger partial charge in [-0.3, -0.25) is 4.79 Å². The Morgan fingerprint density at radius 1 is 1.14 bits per heavy atom. The van der Waals surface area contributed by atoms with Crippen LogP contribution in [0.5, 0.6) is 0 Å². The molecule has 3 heterocycles. The molecule has 4 rings (SSSR count). The molecule has 0 aliphatic carbocycles. The van der Waals surface area contributed by atoms with E-state index < -0.39 is 0 Å². The Morgan fingerprint density at radius 3 is 2.64 bits per heavy atom. The molecule has 28 heavy (non-hydrogen) atoms. The maximum atomic E-state index is 12.9. The SMILES string of the molecule is CN1CCN(N2C(=O)C(=Cc3ccc(-c4cc(Cl)ccc4Cl)o3)SC2=S)CC1. The average molecular weight is 454 g/mol. The van der Waals surface area contributed by atoms with Crippen LogP contribution in [-0.2, 0) is 4.79 Å². The molecule has 2 aromatic rings. The summed E-state index contributed by atoms with van der Waals surface area (Å²) in [5.41, 5.74) is 0.707. The second-order valence-corrected chi connectivity index (χ2v) is 9.10. The van der Waals surface area contributed by atoms with Crippen molar-refractivity contribution in [3.63, 3.8) is 0 Å². The van der Waals surface area contributed by atoms with Gasteiger partial charge in [-0.25, -0.2) is 10.0 Å². The molecular weight excluding hydrogens is 437 g/mol. The first-order valence-electron chi connectivity index (χ1n) is 8.69. The molecule has 1 amide bonds. The summed E-state index contributed by atoms with van der Waals surface area (Å²) in [6.07, 6.45) is 1.72. The van der Waals surface area contributed by atoms with Crippen LogP contribution >= 0.6 is 47.2 Å². The largest absolute Gasteiger partial charge is 0.457 e. The van der Waals surface area contributed by atoms with Crippen LogP contribution in [0.4, 0.5) is 0 Å². The number of piperazine rings is 1. The number of halogens is 2. The van der Waals surface area contributed by atoms with Crippen molar-refractivity contribution in [1.29, 1.82) is 0 Å². The lowest BCUT2D eigenvalue weighted by atomic mass is 10.2. The molecule has 0 bridgehead atoms. The number of hydrazine groups is 1. The van der Waals surface area contributed by atoms with E-state index in [1.165, 1.54) is 11.8 Å². The number of likely N-dealkylation sites (N-methyl/N-ethyl adjacent to an activating group) is 1. The lowest BCUT2D eigenvalue weighted by Crippen LogP contribution is -2.54. The third-order valence-electron chi connectivity index (χ3n) is 4.63. The fourth-order valence-electron chi connectivity index (χ4n) is 3.09. The number of benzene rings is 1. The molecule has 0 spiro atoms. The van der Waals surface area contributed by atoms with Gasteiger partial charge in [-0.1, -0.05) is 47.2 Å². The predicted octanol–water partition coefficient (Wildman–Crippen LogP) is 4.62. The fourth-order valence-corrected chi connectivity index (χ4v) is 4.76. The average Bonchev–Trinajstić information content (AvgIpc) is 3.23. The molecule has 146 valence electrons. The van der Waals surface area contributed by atoms with Crippen molar-refractivity contribution in [2.24, 2.45) is 0 Å². The molecule has 2 aliphatic heterocycles. The van der Waals surface area contributed by atoms with Crippen molar-refractivity contribution in [2.45, 2.75) is 0 Å². The van der Waals surface area contributed by atoms with Crippen LogP contribution < -0.4 is 0 Å². The molecular formula is C19H17Cl2N3O2S2. The van der Waals surface area contributed by atoms with Crippen molar-refractivity contribution in [1.82, 2.24) is 14.9 Å². The van der Waals surface area contributed by atoms with E-state index in [1.807, 2.05) is 11.1 Å². The lowest BCUT2D eigenvalue weighted by Gasteiger charge is -2.37. The highest BCUT2D eigenvalue weighted by Gasteiger charge is 2.37. The minimum absolute atomic E-state index is 0.113. The standard InChI is InChI=1S/C19H17Cl2N3O2S2/c1-22-6-8-23(9-7-22)24-18(25)17(28-19(24)27)11-13-3-5-16(26-13)14-10-12(20)2-4-15(14)21/h2-5,10-11H,6-9H2,1H3. The Balaban J connectivity index is 1.55. The van der Waals surface area contributed by atoms with Crippen LogP contribution in [0, 0.1) is 0 Å². The first-order chi connectivity index (χ1) is 13.4. The number of furan rings is 1. The van der Waals surface area contributed by atoms with E-state index in [4.69, 9.17) is 39.8 Å². The summed E-state index contributed by atoms with van der Waals surface area (Å²) in [5.74, 6) is 1.04. The molecule has 1 aromatic carbocycles. The van der Waals surface area contributed by atoms with Crippen molar-refractivity contribution in [2.75, 3.05) is 33.2 Å². The van der Waals surface area contributed by atoms with Crippen LogP contribution in [0.15, 0.2) is 39.7 Å². The quantitative estimate of drug-likeness (QED) is 0.498. The van der Waals surface area contributed by atoms with Gasteiger partial charge in [-0.2, -0.15) is 0 Å². The molecule has 0 atom stereocenters. The van der Waals surface area contributed by atoms with Gasteiger partial charge in [0, 0.05) is 42.8 Å². The van der Waals surface area contributed by atoms with Gasteiger partial charge in [0.1, 0.15) is 11.5 Å². The monoisotopic (exact) mass is 453 g/mol. The highest BCUT2D eigenvalue weighted by molar-refractivity contribution is 8.26. The molecule has 0 N–H and O–H groups in total. The lowest BCUT2D eigenvalue weighted by molar-refractivity contribution is -0.135. The smallest absolute Gasteiger partial charge is 0.281 e. The number of rotatable bonds is 3. The Hall–Kier alpha value is -1.35. The molecule has 5 nitrogen and oxygen atoms in total. The zero-order chi connectivity index (χ0) is 19.8. The normalized spacial score (nSPS) is 20.5. The summed E-state index contributed by atoms with van der Waals surface area (Å²) < 4.78 is 6.43. The molecule has 2 aliphatic rings. The van der Waals surface area contributed by atoms with E-state index in [1.54, 1.807) is 35.4 Å². The second-order valence-electron chi connectivity index (χ2n) is 6.58. The van der Waals surface area contributed by atoms with Gasteiger partial charge in [0.25, 0.3) is 5.91 Å². The number of amides is 1. The van der Waals surface area contributed by atoms with Gasteiger partial charge in [-0.05, 0) is 37.4 Å². The second kappa shape index (κ2) is 8.18. The molecule has 2 saturated heterocycles. The number of nitrogens with zero attached hydrogens (tertiary/aromatic N) is 3. The summed E-state index contributed by atoms with van der Waals surface area (Å²) in [7, 11) is 2.07. The van der Waals surface area contributed by atoms with Crippen LogP contribution in [0.25, 0.3) is 17.4 Å². The summed E-state index contributed by atoms with van der Waals surface area (Å²) in [6, 6.07) is 8.81. The van der Waals surface area contributed by atoms with E-state index >= 15 is 0 Å². The van der Waals surface area contributed by atoms with Gasteiger partial charge < -0.3 is 9.32 Å². The van der Waals surface area contributed by atoms with E-state index in [-0.39, 0.29) is 5.91 Å². The first-order valence-corrected chi connectivity index (χ1v) is 10.7. The number of thioether (sulfide) groups is 1. The van der Waals surface area contributed by atoms with Crippen molar-refractivity contribution in [3.8, 4) is 11.3 Å². The zero-order valence-electron chi connectivity index (χ0n) is 15.0. The highest BCUT2D eigenvalue weighted by Crippen LogP contribution is 2.36. The fraction of sp³-hybridized carbons (Fsp3) is 0.263. The van der Waals surface area contributed by atoms with E-state index in [0.29, 0.717) is 36.4 Å². The summed E-state index contributed by atoms with van der Waals surface area (Å²) >= 11 is 19.0. The highest BCUT2D eigenvalue weighted by atomic mass is 35.5. The van der Waals surface area contributed by atoms with Gasteiger partial charge in [-0.15, -0.1) is 0 Å². The van der Waals surface area contributed by atoms with Crippen LogP contribution in [-0.4, -0.2) is 58.4 Å². The van der Waals surface area contributed by atoms with Crippen molar-refractivity contribution in [3.05, 3.63) is 51.0 Å². The number of carbonyl (C=O) groups excluding carboxylic acids is 1. The van der Waals surface area contributed by atoms with E-state index in [0.717, 1.165) is 26.2 Å². The van der Waals surface area contributed by atoms with Crippen LogP contribution in [0.1, 0.15) is 5.76 Å². The van der Waals surface area contributed by atoms with Crippen molar-refractivity contribution >= 4 is 63.5 Å². The van der Waals surface area contributed by atoms with Gasteiger partial charge in [0.2, 0.25) is 0 Å². The molecule has 0 unspecified atom stereocenters. The van der Waals surface area contributed by atoms with Gasteiger partial charge in [0.15, 0.2) is 4.32 Å². The Labute approximate surface area is 182 Å². The molecule has 2 fully saturated rings. The van der Waals surface area contributed by atoms with E-state index in [9.17, 15) is 4.79 Å². The topological polar surface area (TPSA) is 39.9 Å². The predicted molar refractivity (Wildman–Crippen MR) is 118 cm³/mol. The molecule has 0 radical (unpaired) electrons. The maximum Gasteiger partial charge on any atom is 0.281 e. The van der Waals surface area contributed by atoms with Gasteiger partial charge >= 0.3 is 0 Å². The Kier molecular flexibility index (Phi) is 5.83. The molecule has 9 heteroatoms. The number of hydrogen-bond acceptors (Lipinski definition) is 6. The van der Waals surface area contributed by atoms with Crippen molar-refractivity contribution < 1.29 is 9.21 Å². The van der Waals surface area contributed by atoms with E-state index in [2.05, 4.69) is 11.9 Å². The number of thiocarbonyl (C=S) groups is 1. The molecule has 1 aromatic heterocycles. The zero-order valence-corrected chi connectivity index (χ0v) is 18.2.